The van der Waals surface area contributed by atoms with Crippen molar-refractivity contribution < 1.29 is 9.47 Å². The number of halogens is 1. The van der Waals surface area contributed by atoms with Crippen LogP contribution in [0.3, 0.4) is 0 Å². The summed E-state index contributed by atoms with van der Waals surface area (Å²) in [6.07, 6.45) is 0.690. The summed E-state index contributed by atoms with van der Waals surface area (Å²) in [5.41, 5.74) is 0. The van der Waals surface area contributed by atoms with Crippen LogP contribution in [-0.4, -0.2) is 33.6 Å². The van der Waals surface area contributed by atoms with Gasteiger partial charge in [-0.1, -0.05) is 0 Å². The molecule has 1 unspecified atom stereocenters. The molecule has 0 bridgehead atoms. The molecular weight excluding hydrogens is 278 g/mol. The second kappa shape index (κ2) is 6.60. The highest BCUT2D eigenvalue weighted by atomic mass is 79.9. The maximum atomic E-state index is 5.24. The molecule has 86 valence electrons. The minimum atomic E-state index is -0.212. The first kappa shape index (κ1) is 13.1. The van der Waals surface area contributed by atoms with E-state index in [0.717, 1.165) is 10.2 Å². The van der Waals surface area contributed by atoms with Gasteiger partial charge in [0.15, 0.2) is 6.29 Å². The fraction of sp³-hybridized carbons (Fsp3) is 0.600. The quantitative estimate of drug-likeness (QED) is 0.816. The van der Waals surface area contributed by atoms with E-state index in [9.17, 15) is 0 Å². The molecule has 1 N–H and O–H groups in total. The van der Waals surface area contributed by atoms with Gasteiger partial charge in [0.2, 0.25) is 0 Å². The Morgan fingerprint density at radius 3 is 2.47 bits per heavy atom. The van der Waals surface area contributed by atoms with Crippen molar-refractivity contribution in [2.45, 2.75) is 18.8 Å². The molecule has 1 rings (SSSR count). The lowest BCUT2D eigenvalue weighted by Crippen LogP contribution is -2.41. The third-order valence-electron chi connectivity index (χ3n) is 2.21. The molecule has 1 heterocycles. The van der Waals surface area contributed by atoms with Gasteiger partial charge in [0.25, 0.3) is 0 Å². The van der Waals surface area contributed by atoms with Crippen LogP contribution < -0.4 is 5.32 Å². The average Bonchev–Trinajstić information content (AvgIpc) is 2.64. The van der Waals surface area contributed by atoms with Crippen molar-refractivity contribution in [3.05, 3.63) is 20.8 Å². The highest BCUT2D eigenvalue weighted by molar-refractivity contribution is 9.11. The SMILES string of the molecule is CNC(Cc1ccc(Br)s1)C(OC)OC. The predicted octanol–water partition coefficient (Wildman–Crippen LogP) is 2.26. The molecule has 0 fully saturated rings. The van der Waals surface area contributed by atoms with E-state index in [-0.39, 0.29) is 12.3 Å². The van der Waals surface area contributed by atoms with Crippen molar-refractivity contribution in [2.24, 2.45) is 0 Å². The first-order valence-corrected chi connectivity index (χ1v) is 6.29. The van der Waals surface area contributed by atoms with E-state index in [0.29, 0.717) is 0 Å². The molecule has 3 nitrogen and oxygen atoms in total. The molecule has 0 aliphatic carbocycles. The van der Waals surface area contributed by atoms with Crippen LogP contribution in [0.15, 0.2) is 15.9 Å². The second-order valence-corrected chi connectivity index (χ2v) is 5.69. The van der Waals surface area contributed by atoms with Gasteiger partial charge in [-0.15, -0.1) is 11.3 Å². The smallest absolute Gasteiger partial charge is 0.172 e. The van der Waals surface area contributed by atoms with Gasteiger partial charge in [0.1, 0.15) is 0 Å². The summed E-state index contributed by atoms with van der Waals surface area (Å²) in [6, 6.07) is 4.34. The van der Waals surface area contributed by atoms with E-state index in [2.05, 4.69) is 33.4 Å². The van der Waals surface area contributed by atoms with Gasteiger partial charge < -0.3 is 14.8 Å². The fourth-order valence-electron chi connectivity index (χ4n) is 1.44. The Balaban J connectivity index is 2.60. The summed E-state index contributed by atoms with van der Waals surface area (Å²) in [5.74, 6) is 0. The summed E-state index contributed by atoms with van der Waals surface area (Å²) in [4.78, 5) is 1.31. The fourth-order valence-corrected chi connectivity index (χ4v) is 2.98. The van der Waals surface area contributed by atoms with Crippen molar-refractivity contribution in [1.82, 2.24) is 5.32 Å². The lowest BCUT2D eigenvalue weighted by Gasteiger charge is -2.23. The maximum absolute atomic E-state index is 5.24. The molecule has 0 amide bonds. The molecule has 0 aliphatic rings. The van der Waals surface area contributed by atoms with Crippen molar-refractivity contribution in [3.63, 3.8) is 0 Å². The summed E-state index contributed by atoms with van der Waals surface area (Å²) in [5, 5.41) is 3.20. The number of thiophene rings is 1. The van der Waals surface area contributed by atoms with Gasteiger partial charge in [-0.25, -0.2) is 0 Å². The first-order chi connectivity index (χ1) is 7.21. The van der Waals surface area contributed by atoms with Crippen molar-refractivity contribution in [2.75, 3.05) is 21.3 Å². The standard InChI is InChI=1S/C10H16BrNO2S/c1-12-8(10(13-2)14-3)6-7-4-5-9(11)15-7/h4-5,8,10,12H,6H2,1-3H3. The lowest BCUT2D eigenvalue weighted by molar-refractivity contribution is -0.121. The zero-order valence-corrected chi connectivity index (χ0v) is 11.5. The monoisotopic (exact) mass is 293 g/mol. The summed E-state index contributed by atoms with van der Waals surface area (Å²) in [7, 11) is 5.23. The Labute approximate surface area is 103 Å². The lowest BCUT2D eigenvalue weighted by atomic mass is 10.2. The highest BCUT2D eigenvalue weighted by Gasteiger charge is 2.19. The second-order valence-electron chi connectivity index (χ2n) is 3.14. The van der Waals surface area contributed by atoms with E-state index in [1.165, 1.54) is 4.88 Å². The molecule has 0 radical (unpaired) electrons. The summed E-state index contributed by atoms with van der Waals surface area (Å²) in [6.45, 7) is 0. The van der Waals surface area contributed by atoms with Crippen LogP contribution in [0.5, 0.6) is 0 Å². The van der Waals surface area contributed by atoms with E-state index in [1.807, 2.05) is 7.05 Å². The number of rotatable bonds is 6. The van der Waals surface area contributed by atoms with Gasteiger partial charge in [-0.3, -0.25) is 0 Å². The average molecular weight is 294 g/mol. The van der Waals surface area contributed by atoms with Crippen molar-refractivity contribution >= 4 is 27.3 Å². The van der Waals surface area contributed by atoms with Crippen LogP contribution in [0.4, 0.5) is 0 Å². The van der Waals surface area contributed by atoms with Gasteiger partial charge in [0, 0.05) is 25.5 Å². The molecule has 1 atom stereocenters. The Morgan fingerprint density at radius 1 is 1.40 bits per heavy atom. The number of hydrogen-bond acceptors (Lipinski definition) is 4. The Bertz CT molecular complexity index is 289. The largest absolute Gasteiger partial charge is 0.354 e. The Kier molecular flexibility index (Phi) is 5.78. The topological polar surface area (TPSA) is 30.5 Å². The van der Waals surface area contributed by atoms with Gasteiger partial charge in [-0.2, -0.15) is 0 Å². The van der Waals surface area contributed by atoms with Crippen LogP contribution in [0.25, 0.3) is 0 Å². The van der Waals surface area contributed by atoms with Crippen molar-refractivity contribution in [3.8, 4) is 0 Å². The molecule has 0 aromatic carbocycles. The van der Waals surface area contributed by atoms with E-state index < -0.39 is 0 Å². The zero-order chi connectivity index (χ0) is 11.3. The molecule has 1 aromatic heterocycles. The van der Waals surface area contributed by atoms with Crippen LogP contribution in [-0.2, 0) is 15.9 Å². The van der Waals surface area contributed by atoms with Crippen LogP contribution in [0.1, 0.15) is 4.88 Å². The molecule has 5 heteroatoms. The third kappa shape index (κ3) is 3.85. The van der Waals surface area contributed by atoms with E-state index >= 15 is 0 Å². The molecule has 0 saturated carbocycles. The first-order valence-electron chi connectivity index (χ1n) is 4.68. The molecule has 0 saturated heterocycles. The van der Waals surface area contributed by atoms with Gasteiger partial charge in [0.05, 0.1) is 9.83 Å². The van der Waals surface area contributed by atoms with Crippen LogP contribution >= 0.6 is 27.3 Å². The number of methoxy groups -OCH3 is 2. The summed E-state index contributed by atoms with van der Waals surface area (Å²) >= 11 is 5.19. The number of likely N-dealkylation sites (N-methyl/N-ethyl adjacent to an activating group) is 1. The number of nitrogens with one attached hydrogen (secondary N) is 1. The minimum absolute atomic E-state index is 0.172. The van der Waals surface area contributed by atoms with Crippen LogP contribution in [0.2, 0.25) is 0 Å². The Morgan fingerprint density at radius 2 is 2.07 bits per heavy atom. The normalized spacial score (nSPS) is 13.4. The van der Waals surface area contributed by atoms with Crippen LogP contribution in [0, 0.1) is 0 Å². The molecule has 15 heavy (non-hydrogen) atoms. The van der Waals surface area contributed by atoms with Crippen molar-refractivity contribution in [1.29, 1.82) is 0 Å². The molecule has 1 aromatic rings. The zero-order valence-electron chi connectivity index (χ0n) is 9.12. The predicted molar refractivity (Wildman–Crippen MR) is 66.4 cm³/mol. The van der Waals surface area contributed by atoms with E-state index in [1.54, 1.807) is 25.6 Å². The number of ether oxygens (including phenoxy) is 2. The molecule has 0 spiro atoms. The molecule has 0 aliphatic heterocycles. The van der Waals surface area contributed by atoms with Gasteiger partial charge in [-0.05, 0) is 35.1 Å². The minimum Gasteiger partial charge on any atom is -0.354 e. The summed E-state index contributed by atoms with van der Waals surface area (Å²) < 4.78 is 11.6. The highest BCUT2D eigenvalue weighted by Crippen LogP contribution is 2.23. The van der Waals surface area contributed by atoms with E-state index in [4.69, 9.17) is 9.47 Å². The van der Waals surface area contributed by atoms with Gasteiger partial charge >= 0.3 is 0 Å². The number of hydrogen-bond donors (Lipinski definition) is 1. The molecular formula is C10H16BrNO2S. The Hall–Kier alpha value is 0.0600. The maximum Gasteiger partial charge on any atom is 0.172 e. The third-order valence-corrected chi connectivity index (χ3v) is 3.86.